The predicted molar refractivity (Wildman–Crippen MR) is 86.2 cm³/mol. The molecule has 0 aliphatic carbocycles. The van der Waals surface area contributed by atoms with E-state index in [0.29, 0.717) is 12.0 Å². The van der Waals surface area contributed by atoms with Gasteiger partial charge >= 0.3 is 0 Å². The van der Waals surface area contributed by atoms with Crippen molar-refractivity contribution < 1.29 is 4.79 Å². The topological polar surface area (TPSA) is 32.3 Å². The number of rotatable bonds is 0. The van der Waals surface area contributed by atoms with E-state index >= 15 is 0 Å². The van der Waals surface area contributed by atoms with Crippen LogP contribution in [0.15, 0.2) is 42.5 Å². The maximum atomic E-state index is 12.6. The van der Waals surface area contributed by atoms with Crippen LogP contribution in [0.5, 0.6) is 0 Å². The number of amides is 1. The van der Waals surface area contributed by atoms with E-state index in [1.165, 1.54) is 22.4 Å². The Morgan fingerprint density at radius 3 is 2.91 bits per heavy atom. The molecule has 1 amide bonds. The summed E-state index contributed by atoms with van der Waals surface area (Å²) in [6.45, 7) is 3.01. The molecule has 110 valence electrons. The van der Waals surface area contributed by atoms with Gasteiger partial charge in [-0.2, -0.15) is 0 Å². The van der Waals surface area contributed by atoms with E-state index in [1.807, 2.05) is 18.2 Å². The van der Waals surface area contributed by atoms with Gasteiger partial charge in [0.05, 0.1) is 12.1 Å². The lowest BCUT2D eigenvalue weighted by molar-refractivity contribution is 0.0638. The number of anilines is 1. The van der Waals surface area contributed by atoms with Gasteiger partial charge in [-0.3, -0.25) is 4.79 Å². The third kappa shape index (κ3) is 1.43. The zero-order valence-electron chi connectivity index (χ0n) is 12.5. The molecular formula is C19H18N2O. The second-order valence-electron chi connectivity index (χ2n) is 6.69. The van der Waals surface area contributed by atoms with Crippen LogP contribution in [0.3, 0.4) is 0 Å². The molecule has 2 aromatic rings. The number of aryl methyl sites for hydroxylation is 1. The summed E-state index contributed by atoms with van der Waals surface area (Å²) in [5.41, 5.74) is 6.08. The molecule has 0 saturated carbocycles. The van der Waals surface area contributed by atoms with Gasteiger partial charge in [-0.05, 0) is 36.6 Å². The Labute approximate surface area is 129 Å². The van der Waals surface area contributed by atoms with E-state index < -0.39 is 0 Å². The van der Waals surface area contributed by atoms with Crippen LogP contribution in [0.25, 0.3) is 0 Å². The number of carbonyl (C=O) groups is 1. The molecule has 3 aliphatic rings. The SMILES string of the molecule is Cc1ccc2c(c1)C1CCN3C(=O)c4ccccc4C3C1N2. The van der Waals surface area contributed by atoms with Gasteiger partial charge in [0.2, 0.25) is 0 Å². The number of hydrogen-bond acceptors (Lipinski definition) is 2. The molecule has 3 heteroatoms. The lowest BCUT2D eigenvalue weighted by Crippen LogP contribution is -2.45. The molecule has 1 fully saturated rings. The third-order valence-corrected chi connectivity index (χ3v) is 5.49. The van der Waals surface area contributed by atoms with Gasteiger partial charge in [-0.1, -0.05) is 35.9 Å². The Bertz CT molecular complexity index is 798. The van der Waals surface area contributed by atoms with Gasteiger partial charge in [0.15, 0.2) is 0 Å². The maximum Gasteiger partial charge on any atom is 0.254 e. The molecule has 22 heavy (non-hydrogen) atoms. The highest BCUT2D eigenvalue weighted by Gasteiger charge is 2.49. The van der Waals surface area contributed by atoms with Crippen LogP contribution in [-0.2, 0) is 0 Å². The van der Waals surface area contributed by atoms with E-state index in [-0.39, 0.29) is 11.9 Å². The second-order valence-corrected chi connectivity index (χ2v) is 6.69. The Balaban J connectivity index is 1.63. The summed E-state index contributed by atoms with van der Waals surface area (Å²) in [6.07, 6.45) is 1.05. The van der Waals surface area contributed by atoms with Gasteiger partial charge in [-0.15, -0.1) is 0 Å². The molecule has 3 heterocycles. The highest BCUT2D eigenvalue weighted by atomic mass is 16.2. The summed E-state index contributed by atoms with van der Waals surface area (Å²) in [4.78, 5) is 14.7. The van der Waals surface area contributed by atoms with Crippen LogP contribution in [0, 0.1) is 6.92 Å². The highest BCUT2D eigenvalue weighted by molar-refractivity contribution is 5.99. The first-order valence-corrected chi connectivity index (χ1v) is 8.01. The zero-order chi connectivity index (χ0) is 14.8. The fourth-order valence-corrected chi connectivity index (χ4v) is 4.53. The van der Waals surface area contributed by atoms with Crippen LogP contribution in [0.1, 0.15) is 45.4 Å². The first-order valence-electron chi connectivity index (χ1n) is 8.01. The number of nitrogens with one attached hydrogen (secondary N) is 1. The molecule has 1 saturated heterocycles. The molecule has 5 rings (SSSR count). The Hall–Kier alpha value is -2.29. The van der Waals surface area contributed by atoms with Gasteiger partial charge < -0.3 is 10.2 Å². The number of benzene rings is 2. The van der Waals surface area contributed by atoms with Crippen molar-refractivity contribution in [3.63, 3.8) is 0 Å². The molecule has 3 unspecified atom stereocenters. The molecule has 0 bridgehead atoms. The van der Waals surface area contributed by atoms with Crippen molar-refractivity contribution in [2.24, 2.45) is 0 Å². The fourth-order valence-electron chi connectivity index (χ4n) is 4.53. The van der Waals surface area contributed by atoms with Gasteiger partial charge in [-0.25, -0.2) is 0 Å². The summed E-state index contributed by atoms with van der Waals surface area (Å²) in [6, 6.07) is 15.2. The van der Waals surface area contributed by atoms with Gasteiger partial charge in [0.25, 0.3) is 5.91 Å². The Morgan fingerprint density at radius 2 is 2.00 bits per heavy atom. The largest absolute Gasteiger partial charge is 0.379 e. The summed E-state index contributed by atoms with van der Waals surface area (Å²) >= 11 is 0. The smallest absolute Gasteiger partial charge is 0.254 e. The van der Waals surface area contributed by atoms with Crippen molar-refractivity contribution in [3.05, 3.63) is 64.7 Å². The van der Waals surface area contributed by atoms with Gasteiger partial charge in [0.1, 0.15) is 0 Å². The average molecular weight is 290 g/mol. The molecule has 3 nitrogen and oxygen atoms in total. The minimum atomic E-state index is 0.176. The van der Waals surface area contributed by atoms with Crippen molar-refractivity contribution in [2.45, 2.75) is 31.3 Å². The van der Waals surface area contributed by atoms with Crippen LogP contribution in [-0.4, -0.2) is 23.4 Å². The molecular weight excluding hydrogens is 272 g/mol. The minimum Gasteiger partial charge on any atom is -0.379 e. The first-order chi connectivity index (χ1) is 10.7. The lowest BCUT2D eigenvalue weighted by Gasteiger charge is -2.39. The van der Waals surface area contributed by atoms with Crippen molar-refractivity contribution in [2.75, 3.05) is 11.9 Å². The number of piperidine rings is 1. The number of carbonyl (C=O) groups excluding carboxylic acids is 1. The minimum absolute atomic E-state index is 0.176. The molecule has 0 spiro atoms. The monoisotopic (exact) mass is 290 g/mol. The quantitative estimate of drug-likeness (QED) is 0.805. The van der Waals surface area contributed by atoms with Crippen LogP contribution >= 0.6 is 0 Å². The van der Waals surface area contributed by atoms with Crippen LogP contribution < -0.4 is 5.32 Å². The summed E-state index contributed by atoms with van der Waals surface area (Å²) < 4.78 is 0. The Kier molecular flexibility index (Phi) is 2.30. The zero-order valence-corrected chi connectivity index (χ0v) is 12.5. The van der Waals surface area contributed by atoms with E-state index in [2.05, 4.69) is 41.4 Å². The number of nitrogens with zero attached hydrogens (tertiary/aromatic N) is 1. The Morgan fingerprint density at radius 1 is 1.14 bits per heavy atom. The van der Waals surface area contributed by atoms with Crippen LogP contribution in [0.4, 0.5) is 5.69 Å². The van der Waals surface area contributed by atoms with Crippen LogP contribution in [0.2, 0.25) is 0 Å². The average Bonchev–Trinajstić information content (AvgIpc) is 3.04. The third-order valence-electron chi connectivity index (χ3n) is 5.49. The van der Waals surface area contributed by atoms with Crippen molar-refractivity contribution in [1.29, 1.82) is 0 Å². The van der Waals surface area contributed by atoms with Gasteiger partial charge in [0, 0.05) is 23.7 Å². The molecule has 0 radical (unpaired) electrons. The molecule has 0 aromatic heterocycles. The number of fused-ring (bicyclic) bond motifs is 7. The van der Waals surface area contributed by atoms with E-state index in [9.17, 15) is 4.79 Å². The van der Waals surface area contributed by atoms with E-state index in [1.54, 1.807) is 0 Å². The molecule has 3 atom stereocenters. The van der Waals surface area contributed by atoms with Crippen molar-refractivity contribution in [1.82, 2.24) is 4.90 Å². The predicted octanol–water partition coefficient (Wildman–Crippen LogP) is 3.47. The standard InChI is InChI=1S/C19H18N2O/c1-11-6-7-16-15(10-11)12-8-9-21-18(17(12)20-16)13-4-2-3-5-14(13)19(21)22/h2-7,10,12,17-18,20H,8-9H2,1H3. The van der Waals surface area contributed by atoms with E-state index in [4.69, 9.17) is 0 Å². The van der Waals surface area contributed by atoms with Crippen molar-refractivity contribution in [3.8, 4) is 0 Å². The highest BCUT2D eigenvalue weighted by Crippen LogP contribution is 2.51. The lowest BCUT2D eigenvalue weighted by atomic mass is 9.82. The summed E-state index contributed by atoms with van der Waals surface area (Å²) in [5, 5.41) is 3.70. The summed E-state index contributed by atoms with van der Waals surface area (Å²) in [7, 11) is 0. The van der Waals surface area contributed by atoms with Crippen molar-refractivity contribution >= 4 is 11.6 Å². The fraction of sp³-hybridized carbons (Fsp3) is 0.316. The normalized spacial score (nSPS) is 27.8. The molecule has 2 aromatic carbocycles. The maximum absolute atomic E-state index is 12.6. The number of hydrogen-bond donors (Lipinski definition) is 1. The summed E-state index contributed by atoms with van der Waals surface area (Å²) in [5.74, 6) is 0.711. The molecule has 3 aliphatic heterocycles. The first kappa shape index (κ1) is 12.3. The molecule has 1 N–H and O–H groups in total. The van der Waals surface area contributed by atoms with E-state index in [0.717, 1.165) is 18.5 Å². The second kappa shape index (κ2) is 4.13.